The van der Waals surface area contributed by atoms with E-state index in [1.165, 1.54) is 0 Å². The first-order chi connectivity index (χ1) is 10.2. The topological polar surface area (TPSA) is 51.5 Å². The Bertz CT molecular complexity index is 701. The minimum atomic E-state index is -0.217. The lowest BCUT2D eigenvalue weighted by Gasteiger charge is -2.14. The summed E-state index contributed by atoms with van der Waals surface area (Å²) in [5.74, 6) is 0.802. The maximum atomic E-state index is 12.5. The zero-order chi connectivity index (χ0) is 14.8. The van der Waals surface area contributed by atoms with Crippen LogP contribution in [0.1, 0.15) is 31.4 Å². The van der Waals surface area contributed by atoms with E-state index in [4.69, 9.17) is 4.74 Å². The van der Waals surface area contributed by atoms with Gasteiger partial charge in [-0.25, -0.2) is 0 Å². The lowest BCUT2D eigenvalue weighted by molar-refractivity contribution is 0.279. The third kappa shape index (κ3) is 2.72. The first-order valence-electron chi connectivity index (χ1n) is 7.33. The van der Waals surface area contributed by atoms with Gasteiger partial charge in [0.05, 0.1) is 18.9 Å². The van der Waals surface area contributed by atoms with Gasteiger partial charge >= 0.3 is 0 Å². The van der Waals surface area contributed by atoms with Crippen LogP contribution in [0, 0.1) is 0 Å². The van der Waals surface area contributed by atoms with Crippen molar-refractivity contribution in [3.05, 3.63) is 52.3 Å². The summed E-state index contributed by atoms with van der Waals surface area (Å²) in [6.07, 6.45) is 2.04. The number of aliphatic hydroxyl groups excluding tert-OH is 1. The lowest BCUT2D eigenvalue weighted by atomic mass is 10.1. The third-order valence-electron chi connectivity index (χ3n) is 3.72. The van der Waals surface area contributed by atoms with Crippen molar-refractivity contribution in [3.63, 3.8) is 0 Å². The lowest BCUT2D eigenvalue weighted by Crippen LogP contribution is -2.24. The molecule has 21 heavy (non-hydrogen) atoms. The smallest absolute Gasteiger partial charge is 0.256 e. The second-order valence-corrected chi connectivity index (χ2v) is 5.27. The van der Waals surface area contributed by atoms with Gasteiger partial charge in [0.1, 0.15) is 5.75 Å². The Morgan fingerprint density at radius 3 is 2.76 bits per heavy atom. The van der Waals surface area contributed by atoms with Crippen molar-refractivity contribution in [2.75, 3.05) is 6.61 Å². The van der Waals surface area contributed by atoms with Crippen LogP contribution in [0.2, 0.25) is 0 Å². The van der Waals surface area contributed by atoms with Crippen molar-refractivity contribution in [2.45, 2.75) is 32.4 Å². The molecule has 0 radical (unpaired) electrons. The highest BCUT2D eigenvalue weighted by molar-refractivity contribution is 5.62. The number of aliphatic hydroxyl groups is 1. The normalized spacial score (nSPS) is 14.2. The van der Waals surface area contributed by atoms with E-state index < -0.39 is 0 Å². The van der Waals surface area contributed by atoms with E-state index in [1.807, 2.05) is 41.8 Å². The van der Waals surface area contributed by atoms with E-state index in [1.54, 1.807) is 6.07 Å². The van der Waals surface area contributed by atoms with Crippen LogP contribution in [0.25, 0.3) is 11.3 Å². The van der Waals surface area contributed by atoms with E-state index in [0.717, 1.165) is 29.8 Å². The molecule has 110 valence electrons. The molecular formula is C17H19NO3. The number of pyridine rings is 1. The Morgan fingerprint density at radius 2 is 2.10 bits per heavy atom. The first-order valence-corrected chi connectivity index (χ1v) is 7.33. The van der Waals surface area contributed by atoms with Crippen LogP contribution in [-0.4, -0.2) is 16.3 Å². The molecule has 0 spiro atoms. The Kier molecular flexibility index (Phi) is 3.80. The number of hydrogen-bond acceptors (Lipinski definition) is 3. The van der Waals surface area contributed by atoms with Crippen molar-refractivity contribution < 1.29 is 9.84 Å². The average Bonchev–Trinajstić information content (AvgIpc) is 3.32. The Labute approximate surface area is 123 Å². The van der Waals surface area contributed by atoms with Crippen molar-refractivity contribution >= 4 is 0 Å². The summed E-state index contributed by atoms with van der Waals surface area (Å²) in [4.78, 5) is 12.5. The SMILES string of the molecule is CCOc1cccc(-c2ccc(CO)c(=O)n2C2CC2)c1. The molecule has 4 heteroatoms. The fourth-order valence-corrected chi connectivity index (χ4v) is 2.56. The molecule has 3 rings (SSSR count). The van der Waals surface area contributed by atoms with Crippen molar-refractivity contribution in [3.8, 4) is 17.0 Å². The second kappa shape index (κ2) is 5.74. The third-order valence-corrected chi connectivity index (χ3v) is 3.72. The maximum Gasteiger partial charge on any atom is 0.256 e. The van der Waals surface area contributed by atoms with Gasteiger partial charge < -0.3 is 14.4 Å². The summed E-state index contributed by atoms with van der Waals surface area (Å²) in [5.41, 5.74) is 2.22. The average molecular weight is 285 g/mol. The molecule has 1 aromatic heterocycles. The predicted molar refractivity (Wildman–Crippen MR) is 81.5 cm³/mol. The molecule has 0 saturated heterocycles. The predicted octanol–water partition coefficient (Wildman–Crippen LogP) is 2.74. The monoisotopic (exact) mass is 285 g/mol. The van der Waals surface area contributed by atoms with Gasteiger partial charge in [0.25, 0.3) is 5.56 Å². The molecule has 1 aliphatic carbocycles. The zero-order valence-electron chi connectivity index (χ0n) is 12.1. The molecule has 1 heterocycles. The number of ether oxygens (including phenoxy) is 1. The van der Waals surface area contributed by atoms with E-state index in [-0.39, 0.29) is 18.2 Å². The zero-order valence-corrected chi connectivity index (χ0v) is 12.1. The Hall–Kier alpha value is -2.07. The van der Waals surface area contributed by atoms with Crippen LogP contribution in [0.5, 0.6) is 5.75 Å². The molecule has 1 aliphatic rings. The van der Waals surface area contributed by atoms with Gasteiger partial charge in [0.15, 0.2) is 0 Å². The molecule has 0 aliphatic heterocycles. The van der Waals surface area contributed by atoms with Gasteiger partial charge in [-0.3, -0.25) is 4.79 Å². The van der Waals surface area contributed by atoms with Crippen molar-refractivity contribution in [1.82, 2.24) is 4.57 Å². The first kappa shape index (κ1) is 13.9. The number of nitrogens with zero attached hydrogens (tertiary/aromatic N) is 1. The van der Waals surface area contributed by atoms with Crippen LogP contribution in [-0.2, 0) is 6.61 Å². The summed E-state index contributed by atoms with van der Waals surface area (Å²) in [5, 5.41) is 9.29. The highest BCUT2D eigenvalue weighted by Gasteiger charge is 2.27. The molecule has 1 fully saturated rings. The minimum Gasteiger partial charge on any atom is -0.494 e. The van der Waals surface area contributed by atoms with Crippen LogP contribution >= 0.6 is 0 Å². The molecule has 0 amide bonds. The molecule has 0 atom stereocenters. The fourth-order valence-electron chi connectivity index (χ4n) is 2.56. The van der Waals surface area contributed by atoms with E-state index in [9.17, 15) is 9.90 Å². The van der Waals surface area contributed by atoms with Crippen LogP contribution < -0.4 is 10.3 Å². The van der Waals surface area contributed by atoms with Gasteiger partial charge in [-0.15, -0.1) is 0 Å². The van der Waals surface area contributed by atoms with Gasteiger partial charge in [0, 0.05) is 17.2 Å². The molecule has 1 N–H and O–H groups in total. The second-order valence-electron chi connectivity index (χ2n) is 5.27. The molecule has 1 saturated carbocycles. The summed E-state index contributed by atoms with van der Waals surface area (Å²) in [6.45, 7) is 2.34. The standard InChI is InChI=1S/C17H19NO3/c1-2-21-15-5-3-4-12(10-15)16-9-6-13(11-19)17(20)18(16)14-7-8-14/h3-6,9-10,14,19H,2,7-8,11H2,1H3. The van der Waals surface area contributed by atoms with E-state index in [0.29, 0.717) is 12.2 Å². The number of hydrogen-bond donors (Lipinski definition) is 1. The molecule has 1 aromatic carbocycles. The minimum absolute atomic E-state index is 0.0840. The van der Waals surface area contributed by atoms with Crippen LogP contribution in [0.4, 0.5) is 0 Å². The van der Waals surface area contributed by atoms with Crippen molar-refractivity contribution in [1.29, 1.82) is 0 Å². The summed E-state index contributed by atoms with van der Waals surface area (Å²) in [6, 6.07) is 11.7. The fraction of sp³-hybridized carbons (Fsp3) is 0.353. The number of benzene rings is 1. The Morgan fingerprint density at radius 1 is 1.29 bits per heavy atom. The van der Waals surface area contributed by atoms with Gasteiger partial charge in [-0.2, -0.15) is 0 Å². The van der Waals surface area contributed by atoms with Crippen LogP contribution in [0.15, 0.2) is 41.2 Å². The van der Waals surface area contributed by atoms with E-state index in [2.05, 4.69) is 0 Å². The summed E-state index contributed by atoms with van der Waals surface area (Å²) in [7, 11) is 0. The summed E-state index contributed by atoms with van der Waals surface area (Å²) >= 11 is 0. The molecule has 2 aromatic rings. The summed E-state index contributed by atoms with van der Waals surface area (Å²) < 4.78 is 7.35. The van der Waals surface area contributed by atoms with Gasteiger partial charge in [0.2, 0.25) is 0 Å². The van der Waals surface area contributed by atoms with E-state index >= 15 is 0 Å². The highest BCUT2D eigenvalue weighted by Crippen LogP contribution is 2.37. The molecule has 4 nitrogen and oxygen atoms in total. The quantitative estimate of drug-likeness (QED) is 0.919. The van der Waals surface area contributed by atoms with Gasteiger partial charge in [-0.1, -0.05) is 12.1 Å². The molecule has 0 unspecified atom stereocenters. The van der Waals surface area contributed by atoms with Crippen LogP contribution in [0.3, 0.4) is 0 Å². The number of rotatable bonds is 5. The molecule has 0 bridgehead atoms. The number of aromatic nitrogens is 1. The largest absolute Gasteiger partial charge is 0.494 e. The van der Waals surface area contributed by atoms with Crippen molar-refractivity contribution in [2.24, 2.45) is 0 Å². The Balaban J connectivity index is 2.11. The highest BCUT2D eigenvalue weighted by atomic mass is 16.5. The van der Waals surface area contributed by atoms with Gasteiger partial charge in [-0.05, 0) is 44.0 Å². The molecular weight excluding hydrogens is 266 g/mol. The maximum absolute atomic E-state index is 12.5.